The number of amides is 1. The molecule has 1 N–H and O–H groups in total. The van der Waals surface area contributed by atoms with Crippen LogP contribution in [-0.4, -0.2) is 47.4 Å². The summed E-state index contributed by atoms with van der Waals surface area (Å²) < 4.78 is 2.02. The Balaban J connectivity index is 1.16. The Morgan fingerprint density at radius 2 is 1.61 bits per heavy atom. The van der Waals surface area contributed by atoms with Crippen molar-refractivity contribution in [3.05, 3.63) is 94.4 Å². The zero-order chi connectivity index (χ0) is 28.5. The monoisotopic (exact) mass is 567 g/mol. The van der Waals surface area contributed by atoms with Gasteiger partial charge in [0.15, 0.2) is 0 Å². The van der Waals surface area contributed by atoms with Gasteiger partial charge in [0.2, 0.25) is 0 Å². The van der Waals surface area contributed by atoms with E-state index in [2.05, 4.69) is 40.2 Å². The summed E-state index contributed by atoms with van der Waals surface area (Å²) in [5.41, 5.74) is 6.96. The lowest BCUT2D eigenvalue weighted by Gasteiger charge is -2.37. The molecular weight excluding hydrogens is 534 g/mol. The number of aromatic nitrogens is 2. The molecule has 0 atom stereocenters. The molecule has 1 saturated heterocycles. The Labute approximate surface area is 245 Å². The van der Waals surface area contributed by atoms with Crippen molar-refractivity contribution in [3.63, 3.8) is 0 Å². The first-order chi connectivity index (χ1) is 19.9. The number of piperazine rings is 1. The minimum Gasteiger partial charge on any atom is -0.367 e. The first-order valence-electron chi connectivity index (χ1n) is 14.3. The maximum Gasteiger partial charge on any atom is 0.298 e. The van der Waals surface area contributed by atoms with E-state index in [1.807, 2.05) is 54.0 Å². The number of hydrogen-bond donors (Lipinski definition) is 1. The highest BCUT2D eigenvalue weighted by atomic mass is 35.5. The predicted octanol–water partition coefficient (Wildman–Crippen LogP) is 6.30. The summed E-state index contributed by atoms with van der Waals surface area (Å²) in [5.74, 6) is -0.184. The summed E-state index contributed by atoms with van der Waals surface area (Å²) in [6.07, 6.45) is 2.98. The maximum atomic E-state index is 13.6. The van der Waals surface area contributed by atoms with Crippen LogP contribution in [0.25, 0.3) is 11.1 Å². The first kappa shape index (κ1) is 27.1. The number of carbonyl (C=O) groups excluding carboxylic acids is 2. The van der Waals surface area contributed by atoms with Crippen molar-refractivity contribution in [2.24, 2.45) is 0 Å². The van der Waals surface area contributed by atoms with Crippen molar-refractivity contribution in [1.82, 2.24) is 9.55 Å². The molecule has 1 amide bonds. The van der Waals surface area contributed by atoms with Crippen molar-refractivity contribution < 1.29 is 9.59 Å². The second-order valence-corrected chi connectivity index (χ2v) is 11.3. The van der Waals surface area contributed by atoms with Gasteiger partial charge in [0, 0.05) is 55.4 Å². The number of aryl methyl sites for hydroxylation is 3. The van der Waals surface area contributed by atoms with Crippen molar-refractivity contribution in [1.29, 1.82) is 0 Å². The van der Waals surface area contributed by atoms with Gasteiger partial charge in [-0.15, -0.1) is 0 Å². The van der Waals surface area contributed by atoms with Gasteiger partial charge in [-0.1, -0.05) is 41.9 Å². The number of rotatable bonds is 6. The zero-order valence-electron chi connectivity index (χ0n) is 23.5. The van der Waals surface area contributed by atoms with Crippen LogP contribution in [0, 0.1) is 13.8 Å². The number of ketones is 1. The molecule has 7 nitrogen and oxygen atoms in total. The van der Waals surface area contributed by atoms with E-state index in [9.17, 15) is 9.59 Å². The number of benzene rings is 2. The summed E-state index contributed by atoms with van der Waals surface area (Å²) >= 11 is 6.71. The van der Waals surface area contributed by atoms with Crippen LogP contribution in [0.2, 0.25) is 5.02 Å². The SMILES string of the molecule is Cc1cc(C)nc(N2CCN(c3ccc(NC(=O)C(=O)c4c(-c5ccccc5)cc5n4CCCC5)cc3Cl)CC2)c1. The Morgan fingerprint density at radius 3 is 2.34 bits per heavy atom. The Bertz CT molecular complexity index is 1590. The number of Topliss-reactive ketones (excluding diaryl/α,β-unsaturated/α-hetero) is 1. The Kier molecular flexibility index (Phi) is 7.54. The first-order valence-corrected chi connectivity index (χ1v) is 14.6. The van der Waals surface area contributed by atoms with E-state index in [0.29, 0.717) is 16.4 Å². The molecule has 2 aliphatic rings. The van der Waals surface area contributed by atoms with Crippen LogP contribution < -0.4 is 15.1 Å². The molecule has 6 rings (SSSR count). The molecule has 0 radical (unpaired) electrons. The van der Waals surface area contributed by atoms with Crippen molar-refractivity contribution >= 4 is 40.5 Å². The summed E-state index contributed by atoms with van der Waals surface area (Å²) in [7, 11) is 0. The maximum absolute atomic E-state index is 13.6. The topological polar surface area (TPSA) is 70.5 Å². The molecule has 0 spiro atoms. The van der Waals surface area contributed by atoms with Gasteiger partial charge in [-0.25, -0.2) is 4.98 Å². The van der Waals surface area contributed by atoms with E-state index in [-0.39, 0.29) is 0 Å². The van der Waals surface area contributed by atoms with Gasteiger partial charge in [0.1, 0.15) is 11.5 Å². The lowest BCUT2D eigenvalue weighted by molar-refractivity contribution is -0.112. The third-order valence-corrected chi connectivity index (χ3v) is 8.29. The van der Waals surface area contributed by atoms with Crippen LogP contribution in [0.15, 0.2) is 66.7 Å². The van der Waals surface area contributed by atoms with Gasteiger partial charge >= 0.3 is 0 Å². The van der Waals surface area contributed by atoms with Crippen LogP contribution in [0.3, 0.4) is 0 Å². The fraction of sp³-hybridized carbons (Fsp3) is 0.303. The van der Waals surface area contributed by atoms with E-state index < -0.39 is 11.7 Å². The lowest BCUT2D eigenvalue weighted by atomic mass is 10.0. The number of hydrogen-bond acceptors (Lipinski definition) is 5. The van der Waals surface area contributed by atoms with E-state index in [1.165, 1.54) is 5.56 Å². The Morgan fingerprint density at radius 1 is 0.854 bits per heavy atom. The number of carbonyl (C=O) groups is 2. The molecule has 4 heterocycles. The smallest absolute Gasteiger partial charge is 0.298 e. The number of nitrogens with one attached hydrogen (secondary N) is 1. The molecule has 4 aromatic rings. The number of anilines is 3. The number of halogens is 1. The van der Waals surface area contributed by atoms with E-state index in [4.69, 9.17) is 16.6 Å². The molecular formula is C33H34ClN5O2. The van der Waals surface area contributed by atoms with Gasteiger partial charge in [0.25, 0.3) is 11.7 Å². The van der Waals surface area contributed by atoms with Crippen LogP contribution in [-0.2, 0) is 17.8 Å². The molecule has 41 heavy (non-hydrogen) atoms. The van der Waals surface area contributed by atoms with Crippen LogP contribution in [0.1, 0.15) is 40.3 Å². The zero-order valence-corrected chi connectivity index (χ0v) is 24.2. The summed E-state index contributed by atoms with van der Waals surface area (Å²) in [6, 6.07) is 21.5. The highest BCUT2D eigenvalue weighted by molar-refractivity contribution is 6.47. The van der Waals surface area contributed by atoms with Crippen molar-refractivity contribution in [2.45, 2.75) is 39.7 Å². The standard InChI is InChI=1S/C33H34ClN5O2/c1-22-18-23(2)35-30(19-22)38-16-14-37(15-17-38)29-12-11-25(20-28(29)34)36-33(41)32(40)31-27(24-8-4-3-5-9-24)21-26-10-6-7-13-39(26)31/h3-5,8-9,11-12,18-21H,6-7,10,13-17H2,1-2H3,(H,36,41). The van der Waals surface area contributed by atoms with Crippen molar-refractivity contribution in [2.75, 3.05) is 41.3 Å². The average molecular weight is 568 g/mol. The third kappa shape index (κ3) is 5.59. The largest absolute Gasteiger partial charge is 0.367 e. The van der Waals surface area contributed by atoms with Crippen LogP contribution in [0.5, 0.6) is 0 Å². The molecule has 0 unspecified atom stereocenters. The predicted molar refractivity (Wildman–Crippen MR) is 165 cm³/mol. The molecule has 0 saturated carbocycles. The normalized spacial score (nSPS) is 15.0. The quantitative estimate of drug-likeness (QED) is 0.218. The molecule has 210 valence electrons. The second-order valence-electron chi connectivity index (χ2n) is 10.9. The molecule has 8 heteroatoms. The van der Waals surface area contributed by atoms with E-state index in [0.717, 1.165) is 86.0 Å². The second kappa shape index (κ2) is 11.4. The van der Waals surface area contributed by atoms with Crippen LogP contribution in [0.4, 0.5) is 17.2 Å². The molecule has 0 aliphatic carbocycles. The highest BCUT2D eigenvalue weighted by Gasteiger charge is 2.28. The van der Waals surface area contributed by atoms with E-state index >= 15 is 0 Å². The minimum absolute atomic E-state index is 0.460. The fourth-order valence-corrected chi connectivity index (χ4v) is 6.32. The van der Waals surface area contributed by atoms with E-state index in [1.54, 1.807) is 6.07 Å². The fourth-order valence-electron chi connectivity index (χ4n) is 6.02. The third-order valence-electron chi connectivity index (χ3n) is 7.99. The van der Waals surface area contributed by atoms with Gasteiger partial charge in [-0.3, -0.25) is 9.59 Å². The molecule has 2 aromatic carbocycles. The molecule has 2 aliphatic heterocycles. The van der Waals surface area contributed by atoms with Crippen LogP contribution >= 0.6 is 11.6 Å². The van der Waals surface area contributed by atoms with Gasteiger partial charge in [0.05, 0.1) is 10.7 Å². The summed E-state index contributed by atoms with van der Waals surface area (Å²) in [6.45, 7) is 8.14. The molecule has 2 aromatic heterocycles. The number of pyridine rings is 1. The molecule has 1 fully saturated rings. The highest BCUT2D eigenvalue weighted by Crippen LogP contribution is 2.33. The number of nitrogens with zero attached hydrogens (tertiary/aromatic N) is 4. The lowest BCUT2D eigenvalue weighted by Crippen LogP contribution is -2.47. The molecule has 0 bridgehead atoms. The van der Waals surface area contributed by atoms with Gasteiger partial charge in [-0.05, 0) is 80.6 Å². The van der Waals surface area contributed by atoms with Crippen molar-refractivity contribution in [3.8, 4) is 11.1 Å². The average Bonchev–Trinajstić information content (AvgIpc) is 3.37. The summed E-state index contributed by atoms with van der Waals surface area (Å²) in [5, 5.41) is 3.34. The van der Waals surface area contributed by atoms with Gasteiger partial charge < -0.3 is 19.7 Å². The van der Waals surface area contributed by atoms with Gasteiger partial charge in [-0.2, -0.15) is 0 Å². The number of fused-ring (bicyclic) bond motifs is 1. The summed E-state index contributed by atoms with van der Waals surface area (Å²) in [4.78, 5) is 36.1. The Hall–Kier alpha value is -4.10. The minimum atomic E-state index is -0.660.